The fourth-order valence-corrected chi connectivity index (χ4v) is 1.98. The van der Waals surface area contributed by atoms with E-state index in [9.17, 15) is 4.79 Å². The SMILES string of the molecule is O=C1NCC[C@H]1Cc1ccccc1Cl. The highest BCUT2D eigenvalue weighted by molar-refractivity contribution is 6.31. The van der Waals surface area contributed by atoms with Gasteiger partial charge in [-0.05, 0) is 24.5 Å². The summed E-state index contributed by atoms with van der Waals surface area (Å²) in [5.74, 6) is 0.264. The topological polar surface area (TPSA) is 29.1 Å². The molecule has 1 atom stereocenters. The Labute approximate surface area is 88.3 Å². The summed E-state index contributed by atoms with van der Waals surface area (Å²) in [5, 5.41) is 3.58. The Morgan fingerprint density at radius 2 is 2.21 bits per heavy atom. The predicted molar refractivity (Wildman–Crippen MR) is 56.3 cm³/mol. The van der Waals surface area contributed by atoms with Gasteiger partial charge in [0, 0.05) is 17.5 Å². The molecular weight excluding hydrogens is 198 g/mol. The number of carbonyl (C=O) groups excluding carboxylic acids is 1. The van der Waals surface area contributed by atoms with Crippen molar-refractivity contribution in [3.8, 4) is 0 Å². The second-order valence-electron chi connectivity index (χ2n) is 3.57. The summed E-state index contributed by atoms with van der Waals surface area (Å²) < 4.78 is 0. The summed E-state index contributed by atoms with van der Waals surface area (Å²) in [6.07, 6.45) is 1.68. The molecule has 1 amide bonds. The molecule has 14 heavy (non-hydrogen) atoms. The molecule has 0 saturated carbocycles. The van der Waals surface area contributed by atoms with E-state index in [-0.39, 0.29) is 11.8 Å². The third-order valence-corrected chi connectivity index (χ3v) is 2.96. The molecule has 0 unspecified atom stereocenters. The first kappa shape index (κ1) is 9.53. The van der Waals surface area contributed by atoms with Crippen LogP contribution in [-0.4, -0.2) is 12.5 Å². The van der Waals surface area contributed by atoms with E-state index in [1.165, 1.54) is 0 Å². The molecular formula is C11H12ClNO. The Morgan fingerprint density at radius 1 is 1.43 bits per heavy atom. The Bertz CT molecular complexity index is 351. The average Bonchev–Trinajstić information content (AvgIpc) is 2.56. The third-order valence-electron chi connectivity index (χ3n) is 2.59. The molecule has 1 fully saturated rings. The molecule has 74 valence electrons. The molecule has 2 rings (SSSR count). The van der Waals surface area contributed by atoms with Crippen LogP contribution >= 0.6 is 11.6 Å². The molecule has 1 N–H and O–H groups in total. The van der Waals surface area contributed by atoms with Gasteiger partial charge in [-0.2, -0.15) is 0 Å². The lowest BCUT2D eigenvalue weighted by atomic mass is 9.98. The van der Waals surface area contributed by atoms with E-state index in [1.807, 2.05) is 24.3 Å². The predicted octanol–water partition coefficient (Wildman–Crippen LogP) is 2.02. The first-order valence-corrected chi connectivity index (χ1v) is 5.16. The maximum absolute atomic E-state index is 11.3. The van der Waals surface area contributed by atoms with E-state index in [0.29, 0.717) is 0 Å². The number of rotatable bonds is 2. The Kier molecular flexibility index (Phi) is 2.73. The minimum Gasteiger partial charge on any atom is -0.356 e. The van der Waals surface area contributed by atoms with Gasteiger partial charge in [-0.25, -0.2) is 0 Å². The fraction of sp³-hybridized carbons (Fsp3) is 0.364. The second kappa shape index (κ2) is 4.01. The lowest BCUT2D eigenvalue weighted by molar-refractivity contribution is -0.122. The highest BCUT2D eigenvalue weighted by atomic mass is 35.5. The zero-order valence-electron chi connectivity index (χ0n) is 7.79. The van der Waals surface area contributed by atoms with Crippen LogP contribution in [0.15, 0.2) is 24.3 Å². The number of nitrogens with one attached hydrogen (secondary N) is 1. The highest BCUT2D eigenvalue weighted by Gasteiger charge is 2.24. The molecule has 1 aromatic rings. The van der Waals surface area contributed by atoms with Gasteiger partial charge in [0.05, 0.1) is 0 Å². The average molecular weight is 210 g/mol. The number of halogens is 1. The van der Waals surface area contributed by atoms with Crippen molar-refractivity contribution in [1.82, 2.24) is 5.32 Å². The van der Waals surface area contributed by atoms with Crippen molar-refractivity contribution in [3.05, 3.63) is 34.9 Å². The molecule has 1 aromatic carbocycles. The van der Waals surface area contributed by atoms with Crippen LogP contribution < -0.4 is 5.32 Å². The van der Waals surface area contributed by atoms with Crippen LogP contribution in [-0.2, 0) is 11.2 Å². The van der Waals surface area contributed by atoms with Crippen molar-refractivity contribution >= 4 is 17.5 Å². The Morgan fingerprint density at radius 3 is 2.86 bits per heavy atom. The number of amides is 1. The van der Waals surface area contributed by atoms with Crippen molar-refractivity contribution in [2.24, 2.45) is 5.92 Å². The smallest absolute Gasteiger partial charge is 0.223 e. The summed E-state index contributed by atoms with van der Waals surface area (Å²) >= 11 is 6.02. The van der Waals surface area contributed by atoms with Gasteiger partial charge in [-0.3, -0.25) is 4.79 Å². The van der Waals surface area contributed by atoms with E-state index in [1.54, 1.807) is 0 Å². The first-order chi connectivity index (χ1) is 6.77. The van der Waals surface area contributed by atoms with Crippen molar-refractivity contribution in [3.63, 3.8) is 0 Å². The molecule has 1 aliphatic heterocycles. The normalized spacial score (nSPS) is 20.9. The molecule has 0 aromatic heterocycles. The van der Waals surface area contributed by atoms with Crippen LogP contribution in [0.2, 0.25) is 5.02 Å². The van der Waals surface area contributed by atoms with E-state index in [4.69, 9.17) is 11.6 Å². The maximum atomic E-state index is 11.3. The number of hydrogen-bond donors (Lipinski definition) is 1. The van der Waals surface area contributed by atoms with Gasteiger partial charge < -0.3 is 5.32 Å². The van der Waals surface area contributed by atoms with E-state index in [2.05, 4.69) is 5.32 Å². The lowest BCUT2D eigenvalue weighted by Crippen LogP contribution is -2.20. The number of hydrogen-bond acceptors (Lipinski definition) is 1. The molecule has 0 radical (unpaired) electrons. The molecule has 1 heterocycles. The van der Waals surface area contributed by atoms with Gasteiger partial charge in [0.15, 0.2) is 0 Å². The van der Waals surface area contributed by atoms with Crippen LogP contribution in [0.1, 0.15) is 12.0 Å². The molecule has 2 nitrogen and oxygen atoms in total. The Balaban J connectivity index is 2.10. The van der Waals surface area contributed by atoms with Crippen LogP contribution in [0.25, 0.3) is 0 Å². The molecule has 1 aliphatic rings. The van der Waals surface area contributed by atoms with Crippen LogP contribution in [0.5, 0.6) is 0 Å². The van der Waals surface area contributed by atoms with E-state index < -0.39 is 0 Å². The number of carbonyl (C=O) groups is 1. The van der Waals surface area contributed by atoms with Gasteiger partial charge in [0.1, 0.15) is 0 Å². The zero-order valence-corrected chi connectivity index (χ0v) is 8.55. The van der Waals surface area contributed by atoms with Crippen molar-refractivity contribution < 1.29 is 4.79 Å². The second-order valence-corrected chi connectivity index (χ2v) is 3.98. The summed E-state index contributed by atoms with van der Waals surface area (Å²) in [4.78, 5) is 11.3. The van der Waals surface area contributed by atoms with Gasteiger partial charge in [0.2, 0.25) is 5.91 Å². The van der Waals surface area contributed by atoms with Gasteiger partial charge in [-0.15, -0.1) is 0 Å². The first-order valence-electron chi connectivity index (χ1n) is 4.78. The molecule has 3 heteroatoms. The Hall–Kier alpha value is -1.02. The summed E-state index contributed by atoms with van der Waals surface area (Å²) in [6, 6.07) is 7.70. The molecule has 0 bridgehead atoms. The van der Waals surface area contributed by atoms with Crippen molar-refractivity contribution in [2.45, 2.75) is 12.8 Å². The number of benzene rings is 1. The summed E-state index contributed by atoms with van der Waals surface area (Å²) in [5.41, 5.74) is 1.07. The van der Waals surface area contributed by atoms with Gasteiger partial charge in [-0.1, -0.05) is 29.8 Å². The molecule has 0 aliphatic carbocycles. The van der Waals surface area contributed by atoms with Crippen molar-refractivity contribution in [1.29, 1.82) is 0 Å². The highest BCUT2D eigenvalue weighted by Crippen LogP contribution is 2.22. The third kappa shape index (κ3) is 1.90. The molecule has 0 spiro atoms. The quantitative estimate of drug-likeness (QED) is 0.794. The maximum Gasteiger partial charge on any atom is 0.223 e. The van der Waals surface area contributed by atoms with Crippen LogP contribution in [0, 0.1) is 5.92 Å². The monoisotopic (exact) mass is 209 g/mol. The standard InChI is InChI=1S/C11H12ClNO/c12-10-4-2-1-3-8(10)7-9-5-6-13-11(9)14/h1-4,9H,5-7H2,(H,13,14)/t9-/m0/s1. The molecule has 1 saturated heterocycles. The van der Waals surface area contributed by atoms with Gasteiger partial charge in [0.25, 0.3) is 0 Å². The van der Waals surface area contributed by atoms with E-state index >= 15 is 0 Å². The zero-order chi connectivity index (χ0) is 9.97. The van der Waals surface area contributed by atoms with Crippen LogP contribution in [0.3, 0.4) is 0 Å². The summed E-state index contributed by atoms with van der Waals surface area (Å²) in [6.45, 7) is 0.800. The minimum atomic E-state index is 0.106. The largest absolute Gasteiger partial charge is 0.356 e. The van der Waals surface area contributed by atoms with Crippen LogP contribution in [0.4, 0.5) is 0 Å². The fourth-order valence-electron chi connectivity index (χ4n) is 1.77. The van der Waals surface area contributed by atoms with Crippen molar-refractivity contribution in [2.75, 3.05) is 6.54 Å². The summed E-state index contributed by atoms with van der Waals surface area (Å²) in [7, 11) is 0. The van der Waals surface area contributed by atoms with E-state index in [0.717, 1.165) is 30.0 Å². The minimum absolute atomic E-state index is 0.106. The lowest BCUT2D eigenvalue weighted by Gasteiger charge is -2.07. The van der Waals surface area contributed by atoms with Gasteiger partial charge >= 0.3 is 0 Å².